The molecule has 4 aliphatic rings. The van der Waals surface area contributed by atoms with Gasteiger partial charge in [-0.25, -0.2) is 0 Å². The molecular formula is C22H28N4O2S. The first-order valence-electron chi connectivity index (χ1n) is 10.4. The number of hydrogen-bond donors (Lipinski definition) is 2. The zero-order valence-electron chi connectivity index (χ0n) is 17.0. The molecule has 0 atom stereocenters. The Morgan fingerprint density at radius 2 is 1.66 bits per heavy atom. The third-order valence-corrected chi connectivity index (χ3v) is 7.17. The van der Waals surface area contributed by atoms with E-state index in [1.54, 1.807) is 14.2 Å². The van der Waals surface area contributed by atoms with Gasteiger partial charge in [-0.15, -0.1) is 0 Å². The van der Waals surface area contributed by atoms with Crippen molar-refractivity contribution in [3.8, 4) is 11.5 Å². The lowest BCUT2D eigenvalue weighted by atomic mass is 9.53. The van der Waals surface area contributed by atoms with Crippen molar-refractivity contribution in [1.82, 2.24) is 9.78 Å². The van der Waals surface area contributed by atoms with Crippen molar-refractivity contribution in [2.24, 2.45) is 17.8 Å². The molecule has 4 saturated carbocycles. The van der Waals surface area contributed by atoms with Gasteiger partial charge < -0.3 is 20.1 Å². The molecule has 0 aliphatic heterocycles. The molecule has 0 spiro atoms. The summed E-state index contributed by atoms with van der Waals surface area (Å²) < 4.78 is 12.9. The normalized spacial score (nSPS) is 29.5. The molecule has 1 heterocycles. The lowest BCUT2D eigenvalue weighted by Crippen LogP contribution is -2.52. The minimum atomic E-state index is 0.229. The van der Waals surface area contributed by atoms with E-state index in [0.717, 1.165) is 29.3 Å². The number of anilines is 2. The number of hydrogen-bond acceptors (Lipinski definition) is 4. The molecule has 154 valence electrons. The van der Waals surface area contributed by atoms with Crippen LogP contribution in [-0.2, 0) is 5.54 Å². The number of benzene rings is 1. The summed E-state index contributed by atoms with van der Waals surface area (Å²) in [6.45, 7) is 0. The summed E-state index contributed by atoms with van der Waals surface area (Å²) in [5.74, 6) is 4.83. The van der Waals surface area contributed by atoms with E-state index in [2.05, 4.69) is 21.5 Å². The summed E-state index contributed by atoms with van der Waals surface area (Å²) in [6.07, 6.45) is 10.3. The summed E-state index contributed by atoms with van der Waals surface area (Å²) >= 11 is 5.49. The van der Waals surface area contributed by atoms with Gasteiger partial charge in [0.05, 0.1) is 19.8 Å². The minimum Gasteiger partial charge on any atom is -0.493 e. The zero-order chi connectivity index (χ0) is 20.0. The fourth-order valence-corrected chi connectivity index (χ4v) is 6.42. The van der Waals surface area contributed by atoms with Gasteiger partial charge in [0, 0.05) is 24.0 Å². The molecule has 4 aliphatic carbocycles. The van der Waals surface area contributed by atoms with Gasteiger partial charge in [0.1, 0.15) is 0 Å². The topological polar surface area (TPSA) is 60.3 Å². The summed E-state index contributed by atoms with van der Waals surface area (Å²) in [4.78, 5) is 0. The van der Waals surface area contributed by atoms with Crippen LogP contribution in [0.3, 0.4) is 0 Å². The Balaban J connectivity index is 1.27. The van der Waals surface area contributed by atoms with Gasteiger partial charge in [0.2, 0.25) is 0 Å². The third-order valence-electron chi connectivity index (χ3n) is 6.96. The van der Waals surface area contributed by atoms with Crippen molar-refractivity contribution >= 4 is 28.8 Å². The second-order valence-electron chi connectivity index (χ2n) is 8.94. The molecule has 0 saturated heterocycles. The molecule has 6 rings (SSSR count). The van der Waals surface area contributed by atoms with E-state index in [4.69, 9.17) is 26.8 Å². The maximum absolute atomic E-state index is 5.49. The molecule has 0 radical (unpaired) electrons. The van der Waals surface area contributed by atoms with Crippen molar-refractivity contribution in [1.29, 1.82) is 0 Å². The molecule has 4 fully saturated rings. The molecular weight excluding hydrogens is 384 g/mol. The molecule has 4 bridgehead atoms. The summed E-state index contributed by atoms with van der Waals surface area (Å²) in [5, 5.41) is 11.8. The smallest absolute Gasteiger partial charge is 0.176 e. The van der Waals surface area contributed by atoms with Gasteiger partial charge in [0.25, 0.3) is 0 Å². The first kappa shape index (κ1) is 18.7. The van der Waals surface area contributed by atoms with Crippen LogP contribution in [0, 0.1) is 17.8 Å². The Kier molecular flexibility index (Phi) is 4.65. The summed E-state index contributed by atoms with van der Waals surface area (Å²) in [6, 6.07) is 7.65. The molecule has 1 aromatic carbocycles. The fraction of sp³-hybridized carbons (Fsp3) is 0.545. The van der Waals surface area contributed by atoms with Crippen molar-refractivity contribution in [3.63, 3.8) is 0 Å². The fourth-order valence-electron chi connectivity index (χ4n) is 6.19. The van der Waals surface area contributed by atoms with Crippen LogP contribution in [0.1, 0.15) is 38.5 Å². The van der Waals surface area contributed by atoms with Gasteiger partial charge in [0.15, 0.2) is 22.4 Å². The molecule has 2 N–H and O–H groups in total. The Labute approximate surface area is 177 Å². The van der Waals surface area contributed by atoms with Crippen LogP contribution in [0.15, 0.2) is 30.5 Å². The van der Waals surface area contributed by atoms with E-state index in [1.165, 1.54) is 38.5 Å². The predicted octanol–water partition coefficient (Wildman–Crippen LogP) is 4.63. The van der Waals surface area contributed by atoms with Crippen LogP contribution in [0.5, 0.6) is 11.5 Å². The van der Waals surface area contributed by atoms with Gasteiger partial charge >= 0.3 is 0 Å². The Morgan fingerprint density at radius 1 is 1.00 bits per heavy atom. The Morgan fingerprint density at radius 3 is 2.28 bits per heavy atom. The Hall–Kier alpha value is -2.28. The maximum Gasteiger partial charge on any atom is 0.176 e. The molecule has 6 nitrogen and oxygen atoms in total. The zero-order valence-corrected chi connectivity index (χ0v) is 17.8. The minimum absolute atomic E-state index is 0.229. The van der Waals surface area contributed by atoms with Crippen LogP contribution in [-0.4, -0.2) is 29.1 Å². The Bertz CT molecular complexity index is 890. The molecule has 1 aromatic heterocycles. The molecule has 0 unspecified atom stereocenters. The second-order valence-corrected chi connectivity index (χ2v) is 9.34. The quantitative estimate of drug-likeness (QED) is 0.698. The first-order valence-corrected chi connectivity index (χ1v) is 10.8. The van der Waals surface area contributed by atoms with Gasteiger partial charge in [-0.3, -0.25) is 4.68 Å². The number of nitrogens with zero attached hydrogens (tertiary/aromatic N) is 2. The van der Waals surface area contributed by atoms with Crippen molar-refractivity contribution < 1.29 is 9.47 Å². The SMILES string of the molecule is COc1ccc(NC(=S)Nc2ccn(C34CC5CC(CC(C5)C3)C4)n2)cc1OC. The van der Waals surface area contributed by atoms with E-state index >= 15 is 0 Å². The summed E-state index contributed by atoms with van der Waals surface area (Å²) in [5.41, 5.74) is 1.06. The van der Waals surface area contributed by atoms with Gasteiger partial charge in [-0.1, -0.05) is 0 Å². The lowest BCUT2D eigenvalue weighted by molar-refractivity contribution is -0.0492. The lowest BCUT2D eigenvalue weighted by Gasteiger charge is -2.56. The largest absolute Gasteiger partial charge is 0.493 e. The average Bonchev–Trinajstić information content (AvgIpc) is 3.16. The van der Waals surface area contributed by atoms with E-state index in [1.807, 2.05) is 24.3 Å². The standard InChI is InChI=1S/C22H28N4O2S/c1-27-18-4-3-17(10-19(18)28-2)23-21(29)24-20-5-6-26(25-20)22-11-14-7-15(12-22)9-16(8-14)13-22/h3-6,10,14-16H,7-9,11-13H2,1-2H3,(H2,23,24,25,29). The monoisotopic (exact) mass is 412 g/mol. The number of ether oxygens (including phenoxy) is 2. The van der Waals surface area contributed by atoms with Gasteiger partial charge in [-0.2, -0.15) is 5.10 Å². The van der Waals surface area contributed by atoms with Crippen LogP contribution in [0.2, 0.25) is 0 Å². The van der Waals surface area contributed by atoms with E-state index in [-0.39, 0.29) is 5.54 Å². The molecule has 29 heavy (non-hydrogen) atoms. The third kappa shape index (κ3) is 3.45. The highest BCUT2D eigenvalue weighted by Crippen LogP contribution is 2.58. The van der Waals surface area contributed by atoms with Crippen molar-refractivity contribution in [2.45, 2.75) is 44.1 Å². The number of aromatic nitrogens is 2. The number of rotatable bonds is 5. The summed E-state index contributed by atoms with van der Waals surface area (Å²) in [7, 11) is 3.24. The van der Waals surface area contributed by atoms with Crippen LogP contribution in [0.25, 0.3) is 0 Å². The number of thiocarbonyl (C=S) groups is 1. The van der Waals surface area contributed by atoms with E-state index in [0.29, 0.717) is 16.6 Å². The van der Waals surface area contributed by atoms with Crippen molar-refractivity contribution in [3.05, 3.63) is 30.5 Å². The molecule has 7 heteroatoms. The highest BCUT2D eigenvalue weighted by atomic mass is 32.1. The van der Waals surface area contributed by atoms with E-state index < -0.39 is 0 Å². The van der Waals surface area contributed by atoms with Crippen LogP contribution < -0.4 is 20.1 Å². The number of nitrogens with one attached hydrogen (secondary N) is 2. The predicted molar refractivity (Wildman–Crippen MR) is 118 cm³/mol. The van der Waals surface area contributed by atoms with Crippen molar-refractivity contribution in [2.75, 3.05) is 24.9 Å². The first-order chi connectivity index (χ1) is 14.1. The molecule has 0 amide bonds. The van der Waals surface area contributed by atoms with E-state index in [9.17, 15) is 0 Å². The van der Waals surface area contributed by atoms with Crippen LogP contribution >= 0.6 is 12.2 Å². The van der Waals surface area contributed by atoms with Crippen LogP contribution in [0.4, 0.5) is 11.5 Å². The highest BCUT2D eigenvalue weighted by molar-refractivity contribution is 7.80. The highest BCUT2D eigenvalue weighted by Gasteiger charge is 2.52. The second kappa shape index (κ2) is 7.20. The average molecular weight is 413 g/mol. The molecule has 2 aromatic rings. The van der Waals surface area contributed by atoms with Gasteiger partial charge in [-0.05, 0) is 80.6 Å². The maximum atomic E-state index is 5.49. The number of methoxy groups -OCH3 is 2.